The Hall–Kier alpha value is -2.60. The van der Waals surface area contributed by atoms with Gasteiger partial charge in [-0.2, -0.15) is 0 Å². The molecule has 1 aliphatic rings. The van der Waals surface area contributed by atoms with E-state index in [0.717, 1.165) is 45.0 Å². The molecule has 0 aliphatic carbocycles. The number of nitrogens with one attached hydrogen (secondary N) is 2. The van der Waals surface area contributed by atoms with Crippen LogP contribution in [0.4, 0.5) is 0 Å². The summed E-state index contributed by atoms with van der Waals surface area (Å²) in [4.78, 5) is 18.5. The maximum absolute atomic E-state index is 11.7. The van der Waals surface area contributed by atoms with Crippen molar-refractivity contribution in [3.8, 4) is 0 Å². The SMILES string of the molecule is CN=C(NCCCCn1ccccc1=O)NCc1ccc(CN2CCCC2)cc1. The molecule has 156 valence electrons. The van der Waals surface area contributed by atoms with Gasteiger partial charge < -0.3 is 15.2 Å². The summed E-state index contributed by atoms with van der Waals surface area (Å²) in [5.41, 5.74) is 2.70. The number of aromatic nitrogens is 1. The fourth-order valence-electron chi connectivity index (χ4n) is 3.63. The van der Waals surface area contributed by atoms with Crippen LogP contribution >= 0.6 is 0 Å². The van der Waals surface area contributed by atoms with Crippen molar-refractivity contribution >= 4 is 5.96 Å². The summed E-state index contributed by atoms with van der Waals surface area (Å²) in [6, 6.07) is 14.1. The molecule has 2 N–H and O–H groups in total. The number of guanidine groups is 1. The van der Waals surface area contributed by atoms with E-state index in [1.807, 2.05) is 12.3 Å². The van der Waals surface area contributed by atoms with Crippen LogP contribution in [0.5, 0.6) is 0 Å². The molecule has 1 aromatic heterocycles. The van der Waals surface area contributed by atoms with Crippen LogP contribution in [0.25, 0.3) is 0 Å². The third-order valence-corrected chi connectivity index (χ3v) is 5.33. The van der Waals surface area contributed by atoms with Crippen LogP contribution < -0.4 is 16.2 Å². The fourth-order valence-corrected chi connectivity index (χ4v) is 3.63. The van der Waals surface area contributed by atoms with Gasteiger partial charge in [0.15, 0.2) is 5.96 Å². The molecule has 0 spiro atoms. The molecular formula is C23H33N5O. The summed E-state index contributed by atoms with van der Waals surface area (Å²) < 4.78 is 1.75. The van der Waals surface area contributed by atoms with Gasteiger partial charge in [0, 0.05) is 45.5 Å². The lowest BCUT2D eigenvalue weighted by Gasteiger charge is -2.15. The minimum absolute atomic E-state index is 0.0596. The second-order valence-electron chi connectivity index (χ2n) is 7.59. The van der Waals surface area contributed by atoms with E-state index in [0.29, 0.717) is 0 Å². The van der Waals surface area contributed by atoms with Crippen molar-refractivity contribution in [1.82, 2.24) is 20.1 Å². The quantitative estimate of drug-likeness (QED) is 0.389. The second kappa shape index (κ2) is 11.4. The van der Waals surface area contributed by atoms with Gasteiger partial charge in [-0.15, -0.1) is 0 Å². The molecule has 0 saturated carbocycles. The minimum atomic E-state index is 0.0596. The molecular weight excluding hydrogens is 362 g/mol. The Morgan fingerprint density at radius 1 is 1.00 bits per heavy atom. The Morgan fingerprint density at radius 3 is 2.48 bits per heavy atom. The lowest BCUT2D eigenvalue weighted by atomic mass is 10.1. The number of rotatable bonds is 9. The van der Waals surface area contributed by atoms with Crippen LogP contribution in [-0.2, 0) is 19.6 Å². The molecule has 0 bridgehead atoms. The Kier molecular flexibility index (Phi) is 8.31. The maximum atomic E-state index is 11.7. The van der Waals surface area contributed by atoms with Crippen LogP contribution in [0, 0.1) is 0 Å². The highest BCUT2D eigenvalue weighted by Gasteiger charge is 2.11. The summed E-state index contributed by atoms with van der Waals surface area (Å²) in [7, 11) is 1.79. The Balaban J connectivity index is 1.33. The van der Waals surface area contributed by atoms with E-state index in [9.17, 15) is 4.79 Å². The van der Waals surface area contributed by atoms with Gasteiger partial charge in [0.05, 0.1) is 0 Å². The molecule has 0 atom stereocenters. The van der Waals surface area contributed by atoms with Crippen molar-refractivity contribution in [2.45, 2.75) is 45.3 Å². The number of benzene rings is 1. The summed E-state index contributed by atoms with van der Waals surface area (Å²) in [6.45, 7) is 5.85. The lowest BCUT2D eigenvalue weighted by molar-refractivity contribution is 0.331. The molecule has 29 heavy (non-hydrogen) atoms. The lowest BCUT2D eigenvalue weighted by Crippen LogP contribution is -2.37. The molecule has 1 aromatic carbocycles. The Bertz CT molecular complexity index is 822. The normalized spacial score (nSPS) is 14.9. The van der Waals surface area contributed by atoms with Gasteiger partial charge in [0.1, 0.15) is 0 Å². The summed E-state index contributed by atoms with van der Waals surface area (Å²) in [6.07, 6.45) is 6.43. The predicted octanol–water partition coefficient (Wildman–Crippen LogP) is 2.59. The number of likely N-dealkylation sites (tertiary alicyclic amines) is 1. The van der Waals surface area contributed by atoms with E-state index >= 15 is 0 Å². The first-order valence-electron chi connectivity index (χ1n) is 10.6. The van der Waals surface area contributed by atoms with E-state index < -0.39 is 0 Å². The Labute approximate surface area is 173 Å². The highest BCUT2D eigenvalue weighted by Crippen LogP contribution is 2.13. The van der Waals surface area contributed by atoms with Gasteiger partial charge in [-0.25, -0.2) is 0 Å². The van der Waals surface area contributed by atoms with E-state index in [1.54, 1.807) is 23.7 Å². The van der Waals surface area contributed by atoms with E-state index in [-0.39, 0.29) is 5.56 Å². The van der Waals surface area contributed by atoms with Crippen molar-refractivity contribution in [1.29, 1.82) is 0 Å². The fraction of sp³-hybridized carbons (Fsp3) is 0.478. The molecule has 0 amide bonds. The monoisotopic (exact) mass is 395 g/mol. The molecule has 6 heteroatoms. The zero-order valence-corrected chi connectivity index (χ0v) is 17.4. The number of hydrogen-bond donors (Lipinski definition) is 2. The number of unbranched alkanes of at least 4 members (excludes halogenated alkanes) is 1. The number of pyridine rings is 1. The second-order valence-corrected chi connectivity index (χ2v) is 7.59. The summed E-state index contributed by atoms with van der Waals surface area (Å²) >= 11 is 0. The first-order valence-corrected chi connectivity index (χ1v) is 10.6. The third-order valence-electron chi connectivity index (χ3n) is 5.33. The summed E-state index contributed by atoms with van der Waals surface area (Å²) in [5, 5.41) is 6.71. The smallest absolute Gasteiger partial charge is 0.250 e. The number of nitrogens with zero attached hydrogens (tertiary/aromatic N) is 3. The molecule has 1 aliphatic heterocycles. The van der Waals surface area contributed by atoms with E-state index in [1.165, 1.54) is 37.1 Å². The number of aliphatic imine (C=N–C) groups is 1. The van der Waals surface area contributed by atoms with Gasteiger partial charge >= 0.3 is 0 Å². The zero-order chi connectivity index (χ0) is 20.3. The van der Waals surface area contributed by atoms with Gasteiger partial charge in [-0.05, 0) is 56.0 Å². The molecule has 1 fully saturated rings. The molecule has 6 nitrogen and oxygen atoms in total. The van der Waals surface area contributed by atoms with Crippen molar-refractivity contribution in [2.75, 3.05) is 26.7 Å². The topological polar surface area (TPSA) is 61.7 Å². The summed E-state index contributed by atoms with van der Waals surface area (Å²) in [5.74, 6) is 0.808. The highest BCUT2D eigenvalue weighted by atomic mass is 16.1. The molecule has 0 radical (unpaired) electrons. The first kappa shape index (κ1) is 21.1. The molecule has 1 saturated heterocycles. The number of hydrogen-bond acceptors (Lipinski definition) is 3. The van der Waals surface area contributed by atoms with Crippen LogP contribution in [-0.4, -0.2) is 42.1 Å². The van der Waals surface area contributed by atoms with Crippen LogP contribution in [0.15, 0.2) is 58.4 Å². The third kappa shape index (κ3) is 7.06. The van der Waals surface area contributed by atoms with Gasteiger partial charge in [-0.3, -0.25) is 14.7 Å². The molecule has 0 unspecified atom stereocenters. The Morgan fingerprint density at radius 2 is 1.76 bits per heavy atom. The van der Waals surface area contributed by atoms with Crippen LogP contribution in [0.1, 0.15) is 36.8 Å². The van der Waals surface area contributed by atoms with Gasteiger partial charge in [0.2, 0.25) is 5.56 Å². The molecule has 3 rings (SSSR count). The van der Waals surface area contributed by atoms with Crippen molar-refractivity contribution in [2.24, 2.45) is 4.99 Å². The largest absolute Gasteiger partial charge is 0.356 e. The number of aryl methyl sites for hydroxylation is 1. The minimum Gasteiger partial charge on any atom is -0.356 e. The van der Waals surface area contributed by atoms with Crippen molar-refractivity contribution in [3.05, 3.63) is 70.1 Å². The average molecular weight is 396 g/mol. The van der Waals surface area contributed by atoms with Crippen LogP contribution in [0.2, 0.25) is 0 Å². The van der Waals surface area contributed by atoms with E-state index in [2.05, 4.69) is 44.8 Å². The van der Waals surface area contributed by atoms with Gasteiger partial charge in [-0.1, -0.05) is 30.3 Å². The molecule has 2 aromatic rings. The standard InChI is InChI=1S/C23H33N5O/c1-24-23(25-13-3-5-17-28-16-4-2-8-22(28)29)26-18-20-9-11-21(12-10-20)19-27-14-6-7-15-27/h2,4,8-12,16H,3,5-7,13-15,17-19H2,1H3,(H2,24,25,26). The first-order chi connectivity index (χ1) is 14.2. The zero-order valence-electron chi connectivity index (χ0n) is 17.4. The van der Waals surface area contributed by atoms with Crippen LogP contribution in [0.3, 0.4) is 0 Å². The highest BCUT2D eigenvalue weighted by molar-refractivity contribution is 5.79. The van der Waals surface area contributed by atoms with E-state index in [4.69, 9.17) is 0 Å². The predicted molar refractivity (Wildman–Crippen MR) is 119 cm³/mol. The van der Waals surface area contributed by atoms with Gasteiger partial charge in [0.25, 0.3) is 0 Å². The average Bonchev–Trinajstić information content (AvgIpc) is 3.25. The maximum Gasteiger partial charge on any atom is 0.250 e. The van der Waals surface area contributed by atoms with Crippen molar-refractivity contribution < 1.29 is 0 Å². The van der Waals surface area contributed by atoms with Crippen molar-refractivity contribution in [3.63, 3.8) is 0 Å². The molecule has 2 heterocycles.